The van der Waals surface area contributed by atoms with Crippen LogP contribution in [0.5, 0.6) is 11.5 Å². The van der Waals surface area contributed by atoms with Crippen LogP contribution in [0.15, 0.2) is 23.2 Å². The van der Waals surface area contributed by atoms with Crippen LogP contribution in [-0.2, 0) is 11.2 Å². The van der Waals surface area contributed by atoms with Gasteiger partial charge in [0.05, 0.1) is 26.4 Å². The van der Waals surface area contributed by atoms with E-state index in [0.29, 0.717) is 13.2 Å². The van der Waals surface area contributed by atoms with Gasteiger partial charge in [0.25, 0.3) is 0 Å². The zero-order chi connectivity index (χ0) is 20.6. The van der Waals surface area contributed by atoms with Crippen molar-refractivity contribution in [3.8, 4) is 11.5 Å². The zero-order valence-electron chi connectivity index (χ0n) is 18.6. The van der Waals surface area contributed by atoms with Gasteiger partial charge in [-0.1, -0.05) is 6.07 Å². The number of rotatable bonds is 14. The summed E-state index contributed by atoms with van der Waals surface area (Å²) in [6.07, 6.45) is 0.880. The van der Waals surface area contributed by atoms with Crippen molar-refractivity contribution in [1.29, 1.82) is 0 Å². The van der Waals surface area contributed by atoms with Gasteiger partial charge in [-0.3, -0.25) is 4.99 Å². The highest BCUT2D eigenvalue weighted by molar-refractivity contribution is 14.0. The van der Waals surface area contributed by atoms with E-state index in [0.717, 1.165) is 63.2 Å². The molecule has 0 fully saturated rings. The molecule has 8 heteroatoms. The van der Waals surface area contributed by atoms with Crippen LogP contribution in [0.1, 0.15) is 26.3 Å². The van der Waals surface area contributed by atoms with Crippen molar-refractivity contribution in [2.45, 2.75) is 27.2 Å². The standard InChI is InChI=1S/C21H38N4O3.HI/c1-6-22-21(24-13-14-25(4)15-16-26-5)23-12-11-18-9-10-19(27-7-2)20(17-18)28-8-3;/h9-10,17H,6-8,11-16H2,1-5H3,(H2,22,23,24);1H. The molecule has 0 saturated heterocycles. The number of aliphatic imine (C=N–C) groups is 1. The van der Waals surface area contributed by atoms with Crippen molar-refractivity contribution in [3.05, 3.63) is 23.8 Å². The minimum atomic E-state index is 0. The molecule has 0 heterocycles. The summed E-state index contributed by atoms with van der Waals surface area (Å²) >= 11 is 0. The van der Waals surface area contributed by atoms with Crippen molar-refractivity contribution >= 4 is 29.9 Å². The first kappa shape index (κ1) is 27.7. The maximum absolute atomic E-state index is 5.70. The molecule has 0 radical (unpaired) electrons. The summed E-state index contributed by atoms with van der Waals surface area (Å²) in [7, 11) is 3.80. The van der Waals surface area contributed by atoms with Crippen LogP contribution in [0.4, 0.5) is 0 Å². The van der Waals surface area contributed by atoms with Crippen molar-refractivity contribution in [3.63, 3.8) is 0 Å². The Morgan fingerprint density at radius 2 is 1.76 bits per heavy atom. The monoisotopic (exact) mass is 522 g/mol. The molecule has 7 nitrogen and oxygen atoms in total. The van der Waals surface area contributed by atoms with Crippen LogP contribution in [0, 0.1) is 0 Å². The molecule has 168 valence electrons. The van der Waals surface area contributed by atoms with Gasteiger partial charge in [-0.2, -0.15) is 0 Å². The van der Waals surface area contributed by atoms with Crippen molar-refractivity contribution in [2.75, 3.05) is 66.7 Å². The van der Waals surface area contributed by atoms with Gasteiger partial charge in [-0.15, -0.1) is 24.0 Å². The van der Waals surface area contributed by atoms with Gasteiger partial charge >= 0.3 is 0 Å². The maximum Gasteiger partial charge on any atom is 0.191 e. The molecule has 0 aliphatic heterocycles. The number of halogens is 1. The quantitative estimate of drug-likeness (QED) is 0.223. The number of hydrogen-bond donors (Lipinski definition) is 2. The zero-order valence-corrected chi connectivity index (χ0v) is 21.0. The third-order valence-electron chi connectivity index (χ3n) is 4.09. The van der Waals surface area contributed by atoms with Crippen LogP contribution in [-0.4, -0.2) is 77.6 Å². The van der Waals surface area contributed by atoms with E-state index >= 15 is 0 Å². The van der Waals surface area contributed by atoms with Crippen LogP contribution >= 0.6 is 24.0 Å². The number of hydrogen-bond acceptors (Lipinski definition) is 5. The summed E-state index contributed by atoms with van der Waals surface area (Å²) in [5, 5.41) is 6.70. The molecule has 0 aromatic heterocycles. The van der Waals surface area contributed by atoms with Crippen molar-refractivity contribution in [1.82, 2.24) is 15.5 Å². The van der Waals surface area contributed by atoms with Crippen LogP contribution in [0.3, 0.4) is 0 Å². The molecule has 0 spiro atoms. The first-order valence-corrected chi connectivity index (χ1v) is 10.2. The van der Waals surface area contributed by atoms with E-state index < -0.39 is 0 Å². The number of nitrogens with zero attached hydrogens (tertiary/aromatic N) is 2. The third kappa shape index (κ3) is 12.1. The second-order valence-corrected chi connectivity index (χ2v) is 6.38. The predicted octanol–water partition coefficient (Wildman–Crippen LogP) is 2.78. The van der Waals surface area contributed by atoms with E-state index in [1.807, 2.05) is 19.9 Å². The van der Waals surface area contributed by atoms with E-state index in [1.165, 1.54) is 5.56 Å². The summed E-state index contributed by atoms with van der Waals surface area (Å²) in [5.74, 6) is 2.45. The predicted molar refractivity (Wildman–Crippen MR) is 131 cm³/mol. The molecule has 1 rings (SSSR count). The Labute approximate surface area is 193 Å². The van der Waals surface area contributed by atoms with Gasteiger partial charge in [0.1, 0.15) is 0 Å². The first-order valence-electron chi connectivity index (χ1n) is 10.2. The molecule has 0 aliphatic rings. The van der Waals surface area contributed by atoms with E-state index in [-0.39, 0.29) is 24.0 Å². The van der Waals surface area contributed by atoms with Gasteiger partial charge in [0.2, 0.25) is 0 Å². The van der Waals surface area contributed by atoms with E-state index in [1.54, 1.807) is 7.11 Å². The fourth-order valence-electron chi connectivity index (χ4n) is 2.61. The lowest BCUT2D eigenvalue weighted by Crippen LogP contribution is -2.39. The Balaban J connectivity index is 0.00000784. The Morgan fingerprint density at radius 1 is 1.03 bits per heavy atom. The van der Waals surface area contributed by atoms with Crippen molar-refractivity contribution in [2.24, 2.45) is 4.99 Å². The van der Waals surface area contributed by atoms with Crippen LogP contribution < -0.4 is 20.1 Å². The Hall–Kier alpha value is -1.26. The van der Waals surface area contributed by atoms with Gasteiger partial charge in [-0.05, 0) is 51.9 Å². The highest BCUT2D eigenvalue weighted by Gasteiger charge is 2.06. The molecular weight excluding hydrogens is 483 g/mol. The lowest BCUT2D eigenvalue weighted by atomic mass is 10.1. The minimum Gasteiger partial charge on any atom is -0.490 e. The molecular formula is C21H39IN4O3. The summed E-state index contributed by atoms with van der Waals surface area (Å²) in [5.41, 5.74) is 1.20. The Morgan fingerprint density at radius 3 is 2.41 bits per heavy atom. The minimum absolute atomic E-state index is 0. The molecule has 0 unspecified atom stereocenters. The number of methoxy groups -OCH3 is 1. The number of nitrogens with one attached hydrogen (secondary N) is 2. The lowest BCUT2D eigenvalue weighted by Gasteiger charge is -2.16. The molecule has 0 amide bonds. The fraction of sp³-hybridized carbons (Fsp3) is 0.667. The average molecular weight is 522 g/mol. The van der Waals surface area contributed by atoms with Gasteiger partial charge < -0.3 is 29.7 Å². The molecule has 0 bridgehead atoms. The molecule has 0 saturated carbocycles. The van der Waals surface area contributed by atoms with E-state index in [9.17, 15) is 0 Å². The average Bonchev–Trinajstić information content (AvgIpc) is 2.68. The molecule has 0 atom stereocenters. The van der Waals surface area contributed by atoms with Crippen LogP contribution in [0.2, 0.25) is 0 Å². The van der Waals surface area contributed by atoms with Crippen LogP contribution in [0.25, 0.3) is 0 Å². The maximum atomic E-state index is 5.70. The molecule has 0 aliphatic carbocycles. The fourth-order valence-corrected chi connectivity index (χ4v) is 2.61. The second kappa shape index (κ2) is 17.6. The highest BCUT2D eigenvalue weighted by atomic mass is 127. The first-order chi connectivity index (χ1) is 13.6. The molecule has 1 aromatic rings. The normalized spacial score (nSPS) is 11.2. The molecule has 29 heavy (non-hydrogen) atoms. The van der Waals surface area contributed by atoms with Gasteiger partial charge in [0.15, 0.2) is 17.5 Å². The topological polar surface area (TPSA) is 67.4 Å². The highest BCUT2D eigenvalue weighted by Crippen LogP contribution is 2.28. The van der Waals surface area contributed by atoms with Gasteiger partial charge in [0, 0.05) is 33.3 Å². The summed E-state index contributed by atoms with van der Waals surface area (Å²) in [4.78, 5) is 6.86. The number of ether oxygens (including phenoxy) is 3. The third-order valence-corrected chi connectivity index (χ3v) is 4.09. The second-order valence-electron chi connectivity index (χ2n) is 6.38. The number of likely N-dealkylation sites (N-methyl/N-ethyl adjacent to an activating group) is 1. The molecule has 1 aromatic carbocycles. The SMILES string of the molecule is CCNC(=NCCN(C)CCOC)NCCc1ccc(OCC)c(OCC)c1.I. The Kier molecular flexibility index (Phi) is 16.8. The smallest absolute Gasteiger partial charge is 0.191 e. The number of guanidine groups is 1. The largest absolute Gasteiger partial charge is 0.490 e. The molecule has 2 N–H and O–H groups in total. The van der Waals surface area contributed by atoms with E-state index in [2.05, 4.69) is 46.6 Å². The summed E-state index contributed by atoms with van der Waals surface area (Å²) in [6, 6.07) is 6.13. The van der Waals surface area contributed by atoms with Crippen molar-refractivity contribution < 1.29 is 14.2 Å². The summed E-state index contributed by atoms with van der Waals surface area (Å²) in [6.45, 7) is 12.2. The van der Waals surface area contributed by atoms with Gasteiger partial charge in [-0.25, -0.2) is 0 Å². The lowest BCUT2D eigenvalue weighted by molar-refractivity contribution is 0.163. The summed E-state index contributed by atoms with van der Waals surface area (Å²) < 4.78 is 16.4. The number of benzene rings is 1. The van der Waals surface area contributed by atoms with E-state index in [4.69, 9.17) is 14.2 Å². The Bertz CT molecular complexity index is 573.